The molecule has 3 heterocycles. The number of nitriles is 1. The van der Waals surface area contributed by atoms with Crippen molar-refractivity contribution in [2.24, 2.45) is 0 Å². The monoisotopic (exact) mass is 396 g/mol. The van der Waals surface area contributed by atoms with Crippen molar-refractivity contribution >= 4 is 22.7 Å². The summed E-state index contributed by atoms with van der Waals surface area (Å²) in [4.78, 5) is 7.86. The van der Waals surface area contributed by atoms with Gasteiger partial charge in [-0.3, -0.25) is 0 Å². The average molecular weight is 396 g/mol. The number of allylic oxidation sites excluding steroid dienone is 1. The molecular weight excluding hydrogens is 376 g/mol. The van der Waals surface area contributed by atoms with Crippen molar-refractivity contribution in [3.05, 3.63) is 70.8 Å². The summed E-state index contributed by atoms with van der Waals surface area (Å²) in [6.07, 6.45) is 1.89. The molecule has 0 spiro atoms. The van der Waals surface area contributed by atoms with E-state index in [1.165, 1.54) is 0 Å². The van der Waals surface area contributed by atoms with Crippen molar-refractivity contribution in [3.8, 4) is 23.3 Å². The molecule has 5 rings (SSSR count). The number of benzene rings is 2. The third-order valence-corrected chi connectivity index (χ3v) is 5.40. The number of aryl methyl sites for hydroxylation is 2. The van der Waals surface area contributed by atoms with E-state index < -0.39 is 0 Å². The first-order valence-corrected chi connectivity index (χ1v) is 9.71. The summed E-state index contributed by atoms with van der Waals surface area (Å²) in [6.45, 7) is 6.37. The Hall–Kier alpha value is -3.98. The van der Waals surface area contributed by atoms with Crippen LogP contribution in [0, 0.1) is 32.1 Å². The smallest absolute Gasteiger partial charge is 0.231 e. The quantitative estimate of drug-likeness (QED) is 0.491. The molecule has 0 saturated carbocycles. The molecule has 2 aromatic carbocycles. The lowest BCUT2D eigenvalue weighted by Crippen LogP contribution is -1.99. The van der Waals surface area contributed by atoms with Crippen molar-refractivity contribution in [2.45, 2.75) is 20.8 Å². The molecule has 4 aromatic rings. The Labute approximate surface area is 174 Å². The van der Waals surface area contributed by atoms with E-state index in [9.17, 15) is 5.26 Å². The number of H-pyrrole nitrogens is 1. The number of fused-ring (bicyclic) bond motifs is 2. The van der Waals surface area contributed by atoms with Gasteiger partial charge in [0, 0.05) is 23.1 Å². The molecule has 0 amide bonds. The van der Waals surface area contributed by atoms with Crippen molar-refractivity contribution in [1.82, 2.24) is 14.5 Å². The lowest BCUT2D eigenvalue weighted by atomic mass is 10.1. The van der Waals surface area contributed by atoms with Crippen LogP contribution in [0.15, 0.2) is 42.5 Å². The summed E-state index contributed by atoms with van der Waals surface area (Å²) in [7, 11) is 0. The van der Waals surface area contributed by atoms with Gasteiger partial charge in [-0.15, -0.1) is 0 Å². The molecule has 0 unspecified atom stereocenters. The molecule has 1 aliphatic rings. The van der Waals surface area contributed by atoms with Crippen LogP contribution in [-0.2, 0) is 0 Å². The Morgan fingerprint density at radius 1 is 1.10 bits per heavy atom. The molecule has 0 aliphatic carbocycles. The van der Waals surface area contributed by atoms with Gasteiger partial charge in [0.25, 0.3) is 0 Å². The Bertz CT molecular complexity index is 1370. The maximum absolute atomic E-state index is 9.79. The van der Waals surface area contributed by atoms with Gasteiger partial charge in [0.05, 0.1) is 16.6 Å². The number of nitrogens with zero attached hydrogens (tertiary/aromatic N) is 3. The van der Waals surface area contributed by atoms with Gasteiger partial charge >= 0.3 is 0 Å². The SMILES string of the molecule is Cc1ccc2nc(C(C#N)=Cc3cc(C)n(-c4ccc5c(c4)OCO5)c3C)[nH]c2c1. The molecule has 30 heavy (non-hydrogen) atoms. The van der Waals surface area contributed by atoms with Gasteiger partial charge in [0.2, 0.25) is 6.79 Å². The lowest BCUT2D eigenvalue weighted by molar-refractivity contribution is 0.174. The number of imidazole rings is 1. The number of hydrogen-bond acceptors (Lipinski definition) is 4. The van der Waals surface area contributed by atoms with Crippen LogP contribution in [0.1, 0.15) is 28.3 Å². The standard InChI is InChI=1S/C24H20N4O2/c1-14-4-6-20-21(8-14)27-24(26-20)18(12-25)10-17-9-15(2)28(16(17)3)19-5-7-22-23(11-19)30-13-29-22/h4-11H,13H2,1-3H3,(H,26,27). The first-order chi connectivity index (χ1) is 14.5. The molecule has 0 radical (unpaired) electrons. The van der Waals surface area contributed by atoms with E-state index in [1.54, 1.807) is 0 Å². The van der Waals surface area contributed by atoms with Crippen LogP contribution in [-0.4, -0.2) is 21.3 Å². The van der Waals surface area contributed by atoms with Crippen LogP contribution < -0.4 is 9.47 Å². The normalized spacial score (nSPS) is 13.1. The first kappa shape index (κ1) is 18.1. The van der Waals surface area contributed by atoms with E-state index in [0.717, 1.165) is 50.7 Å². The van der Waals surface area contributed by atoms with Gasteiger partial charge in [0.1, 0.15) is 11.9 Å². The Morgan fingerprint density at radius 2 is 1.93 bits per heavy atom. The Kier molecular flexibility index (Phi) is 4.11. The van der Waals surface area contributed by atoms with E-state index in [4.69, 9.17) is 9.47 Å². The number of rotatable bonds is 3. The zero-order chi connectivity index (χ0) is 20.8. The summed E-state index contributed by atoms with van der Waals surface area (Å²) in [6, 6.07) is 16.3. The minimum absolute atomic E-state index is 0.249. The molecule has 148 valence electrons. The molecule has 0 fully saturated rings. The van der Waals surface area contributed by atoms with E-state index in [1.807, 2.05) is 63.2 Å². The van der Waals surface area contributed by atoms with E-state index in [0.29, 0.717) is 11.4 Å². The van der Waals surface area contributed by atoms with E-state index in [-0.39, 0.29) is 6.79 Å². The van der Waals surface area contributed by atoms with Crippen molar-refractivity contribution in [2.75, 3.05) is 6.79 Å². The number of nitrogens with one attached hydrogen (secondary N) is 1. The average Bonchev–Trinajstić information content (AvgIpc) is 3.42. The third-order valence-electron chi connectivity index (χ3n) is 5.40. The summed E-state index contributed by atoms with van der Waals surface area (Å²) in [5.41, 5.74) is 7.48. The molecule has 0 saturated heterocycles. The zero-order valence-electron chi connectivity index (χ0n) is 17.0. The highest BCUT2D eigenvalue weighted by Crippen LogP contribution is 2.35. The maximum Gasteiger partial charge on any atom is 0.231 e. The molecule has 0 atom stereocenters. The van der Waals surface area contributed by atoms with Crippen molar-refractivity contribution < 1.29 is 9.47 Å². The minimum Gasteiger partial charge on any atom is -0.454 e. The Morgan fingerprint density at radius 3 is 2.77 bits per heavy atom. The van der Waals surface area contributed by atoms with Gasteiger partial charge in [-0.1, -0.05) is 6.07 Å². The Balaban J connectivity index is 1.57. The van der Waals surface area contributed by atoms with Crippen LogP contribution in [0.2, 0.25) is 0 Å². The molecule has 6 nitrogen and oxygen atoms in total. The number of aromatic nitrogens is 3. The maximum atomic E-state index is 9.79. The fourth-order valence-electron chi connectivity index (χ4n) is 3.92. The topological polar surface area (TPSA) is 75.9 Å². The molecule has 0 bridgehead atoms. The van der Waals surface area contributed by atoms with Crippen LogP contribution in [0.3, 0.4) is 0 Å². The summed E-state index contributed by atoms with van der Waals surface area (Å²) >= 11 is 0. The first-order valence-electron chi connectivity index (χ1n) is 9.71. The van der Waals surface area contributed by atoms with Crippen LogP contribution in [0.5, 0.6) is 11.5 Å². The molecular formula is C24H20N4O2. The van der Waals surface area contributed by atoms with Gasteiger partial charge in [0.15, 0.2) is 11.5 Å². The second-order valence-corrected chi connectivity index (χ2v) is 7.48. The van der Waals surface area contributed by atoms with E-state index >= 15 is 0 Å². The van der Waals surface area contributed by atoms with Gasteiger partial charge in [-0.2, -0.15) is 5.26 Å². The number of ether oxygens (including phenoxy) is 2. The van der Waals surface area contributed by atoms with Crippen LogP contribution in [0.4, 0.5) is 0 Å². The molecule has 2 aromatic heterocycles. The van der Waals surface area contributed by atoms with E-state index in [2.05, 4.69) is 26.7 Å². The highest BCUT2D eigenvalue weighted by molar-refractivity contribution is 5.91. The minimum atomic E-state index is 0.249. The fraction of sp³-hybridized carbons (Fsp3) is 0.167. The summed E-state index contributed by atoms with van der Waals surface area (Å²) in [5, 5.41) is 9.79. The van der Waals surface area contributed by atoms with Crippen molar-refractivity contribution in [3.63, 3.8) is 0 Å². The predicted molar refractivity (Wildman–Crippen MR) is 116 cm³/mol. The second kappa shape index (κ2) is 6.82. The summed E-state index contributed by atoms with van der Waals surface area (Å²) < 4.78 is 13.1. The molecule has 1 aliphatic heterocycles. The number of aromatic amines is 1. The zero-order valence-corrected chi connectivity index (χ0v) is 17.0. The van der Waals surface area contributed by atoms with Crippen LogP contribution >= 0.6 is 0 Å². The highest BCUT2D eigenvalue weighted by Gasteiger charge is 2.17. The van der Waals surface area contributed by atoms with Gasteiger partial charge in [-0.05, 0) is 68.3 Å². The highest BCUT2D eigenvalue weighted by atomic mass is 16.7. The largest absolute Gasteiger partial charge is 0.454 e. The van der Waals surface area contributed by atoms with Crippen LogP contribution in [0.25, 0.3) is 28.4 Å². The second-order valence-electron chi connectivity index (χ2n) is 7.48. The van der Waals surface area contributed by atoms with Crippen molar-refractivity contribution in [1.29, 1.82) is 5.26 Å². The third kappa shape index (κ3) is 2.92. The lowest BCUT2D eigenvalue weighted by Gasteiger charge is -2.10. The fourth-order valence-corrected chi connectivity index (χ4v) is 3.92. The summed E-state index contributed by atoms with van der Waals surface area (Å²) in [5.74, 6) is 2.08. The number of hydrogen-bond donors (Lipinski definition) is 1. The van der Waals surface area contributed by atoms with Gasteiger partial charge < -0.3 is 19.0 Å². The molecule has 1 N–H and O–H groups in total. The predicted octanol–water partition coefficient (Wildman–Crippen LogP) is 5.07. The molecule has 6 heteroatoms. The van der Waals surface area contributed by atoms with Gasteiger partial charge in [-0.25, -0.2) is 4.98 Å².